The van der Waals surface area contributed by atoms with Crippen molar-refractivity contribution >= 4 is 11.8 Å². The maximum Gasteiger partial charge on any atom is 0.414 e. The average Bonchev–Trinajstić information content (AvgIpc) is 2.94. The Morgan fingerprint density at radius 2 is 1.84 bits per heavy atom. The number of carbonyl (C=O) groups excluding carboxylic acids is 1. The molecule has 0 unspecified atom stereocenters. The zero-order valence-electron chi connectivity index (χ0n) is 13.6. The van der Waals surface area contributed by atoms with Gasteiger partial charge in [0.25, 0.3) is 0 Å². The summed E-state index contributed by atoms with van der Waals surface area (Å²) in [6, 6.07) is 10.9. The van der Waals surface area contributed by atoms with Gasteiger partial charge in [0.2, 0.25) is 0 Å². The van der Waals surface area contributed by atoms with Crippen LogP contribution in [0.3, 0.4) is 0 Å². The van der Waals surface area contributed by atoms with Crippen LogP contribution in [-0.4, -0.2) is 30.2 Å². The van der Waals surface area contributed by atoms with Crippen molar-refractivity contribution in [3.05, 3.63) is 65.2 Å². The van der Waals surface area contributed by atoms with Gasteiger partial charge in [-0.05, 0) is 41.8 Å². The van der Waals surface area contributed by atoms with Crippen LogP contribution in [0, 0.1) is 11.6 Å². The van der Waals surface area contributed by atoms with Gasteiger partial charge in [-0.1, -0.05) is 18.2 Å². The topological polar surface area (TPSA) is 32.8 Å². The second-order valence-electron chi connectivity index (χ2n) is 6.50. The molecule has 1 saturated heterocycles. The molecule has 0 saturated carbocycles. The van der Waals surface area contributed by atoms with E-state index in [4.69, 9.17) is 4.74 Å². The third-order valence-corrected chi connectivity index (χ3v) is 4.76. The highest BCUT2D eigenvalue weighted by molar-refractivity contribution is 5.91. The van der Waals surface area contributed by atoms with E-state index >= 15 is 0 Å². The fraction of sp³-hybridized carbons (Fsp3) is 0.316. The number of fused-ring (bicyclic) bond motifs is 3. The maximum absolute atomic E-state index is 13.8. The molecule has 0 aromatic heterocycles. The summed E-state index contributed by atoms with van der Waals surface area (Å²) in [6.07, 6.45) is 0.326. The molecule has 0 bridgehead atoms. The first kappa shape index (κ1) is 16.0. The van der Waals surface area contributed by atoms with E-state index in [2.05, 4.69) is 4.90 Å². The number of cyclic esters (lactones) is 1. The van der Waals surface area contributed by atoms with Crippen molar-refractivity contribution in [3.63, 3.8) is 0 Å². The van der Waals surface area contributed by atoms with E-state index in [9.17, 15) is 13.6 Å². The Hall–Kier alpha value is -2.47. The smallest absolute Gasteiger partial charge is 0.414 e. The van der Waals surface area contributed by atoms with Gasteiger partial charge in [0.05, 0.1) is 11.7 Å². The number of hydrogen-bond donors (Lipinski definition) is 0. The highest BCUT2D eigenvalue weighted by atomic mass is 19.1. The van der Waals surface area contributed by atoms with Crippen LogP contribution in [0.15, 0.2) is 42.5 Å². The Kier molecular flexibility index (Phi) is 4.13. The Morgan fingerprint density at radius 3 is 2.64 bits per heavy atom. The molecule has 4 rings (SSSR count). The molecule has 2 heterocycles. The molecule has 2 aromatic carbocycles. The Morgan fingerprint density at radius 1 is 1.08 bits per heavy atom. The molecular weight excluding hydrogens is 326 g/mol. The van der Waals surface area contributed by atoms with Gasteiger partial charge >= 0.3 is 6.09 Å². The summed E-state index contributed by atoms with van der Waals surface area (Å²) < 4.78 is 32.0. The zero-order valence-corrected chi connectivity index (χ0v) is 13.6. The lowest BCUT2D eigenvalue weighted by Gasteiger charge is -2.32. The van der Waals surface area contributed by atoms with Crippen LogP contribution in [0.4, 0.5) is 19.3 Å². The molecule has 0 N–H and O–H groups in total. The summed E-state index contributed by atoms with van der Waals surface area (Å²) in [5.74, 6) is -0.627. The van der Waals surface area contributed by atoms with E-state index in [1.807, 2.05) is 0 Å². The molecule has 1 fully saturated rings. The van der Waals surface area contributed by atoms with E-state index in [-0.39, 0.29) is 17.7 Å². The van der Waals surface area contributed by atoms with Gasteiger partial charge in [-0.25, -0.2) is 13.6 Å². The Bertz CT molecular complexity index is 795. The minimum atomic E-state index is -0.413. The number of hydrogen-bond acceptors (Lipinski definition) is 3. The van der Waals surface area contributed by atoms with Crippen molar-refractivity contribution in [3.8, 4) is 0 Å². The quantitative estimate of drug-likeness (QED) is 0.833. The fourth-order valence-corrected chi connectivity index (χ4v) is 3.50. The number of nitrogens with zero attached hydrogens (tertiary/aromatic N) is 2. The third-order valence-electron chi connectivity index (χ3n) is 4.76. The lowest BCUT2D eigenvalue weighted by atomic mass is 10.0. The SMILES string of the molecule is O=C1OC[C@@H]2CCN(Cc3ccc(F)cc3)Cc3ccc(F)cc3N12. The number of carbonyl (C=O) groups is 1. The largest absolute Gasteiger partial charge is 0.447 e. The number of benzene rings is 2. The van der Waals surface area contributed by atoms with Gasteiger partial charge in [0, 0.05) is 19.6 Å². The van der Waals surface area contributed by atoms with E-state index in [1.54, 1.807) is 23.1 Å². The van der Waals surface area contributed by atoms with Gasteiger partial charge in [0.1, 0.15) is 18.2 Å². The number of ether oxygens (including phenoxy) is 1. The molecule has 2 aliphatic rings. The Labute approximate surface area is 144 Å². The molecular formula is C19H18F2N2O2. The van der Waals surface area contributed by atoms with Crippen LogP contribution in [0.5, 0.6) is 0 Å². The molecule has 0 spiro atoms. The van der Waals surface area contributed by atoms with E-state index < -0.39 is 6.09 Å². The molecule has 0 aliphatic carbocycles. The van der Waals surface area contributed by atoms with Crippen LogP contribution in [0.1, 0.15) is 17.5 Å². The summed E-state index contributed by atoms with van der Waals surface area (Å²) >= 11 is 0. The van der Waals surface area contributed by atoms with Gasteiger partial charge in [0.15, 0.2) is 0 Å². The maximum atomic E-state index is 13.8. The van der Waals surface area contributed by atoms with Gasteiger partial charge in [-0.3, -0.25) is 9.80 Å². The Balaban J connectivity index is 1.64. The summed E-state index contributed by atoms with van der Waals surface area (Å²) in [5.41, 5.74) is 2.48. The standard InChI is InChI=1S/C19H18F2N2O2/c20-15-4-1-13(2-5-15)10-22-8-7-17-12-25-19(24)23(17)18-9-16(21)6-3-14(18)11-22/h1-6,9,17H,7-8,10-12H2/t17-/m0/s1. The lowest BCUT2D eigenvalue weighted by Crippen LogP contribution is -2.40. The van der Waals surface area contributed by atoms with Crippen LogP contribution in [-0.2, 0) is 17.8 Å². The predicted octanol–water partition coefficient (Wildman–Crippen LogP) is 3.70. The first-order valence-electron chi connectivity index (χ1n) is 8.31. The predicted molar refractivity (Wildman–Crippen MR) is 89.1 cm³/mol. The molecule has 2 aliphatic heterocycles. The summed E-state index contributed by atoms with van der Waals surface area (Å²) in [6.45, 7) is 2.34. The van der Waals surface area contributed by atoms with Crippen LogP contribution >= 0.6 is 0 Å². The van der Waals surface area contributed by atoms with Crippen molar-refractivity contribution in [1.29, 1.82) is 0 Å². The van der Waals surface area contributed by atoms with Gasteiger partial charge in [-0.15, -0.1) is 0 Å². The summed E-state index contributed by atoms with van der Waals surface area (Å²) in [7, 11) is 0. The lowest BCUT2D eigenvalue weighted by molar-refractivity contribution is 0.177. The van der Waals surface area contributed by atoms with Gasteiger partial charge in [-0.2, -0.15) is 0 Å². The van der Waals surface area contributed by atoms with Crippen molar-refractivity contribution in [1.82, 2.24) is 4.90 Å². The molecule has 1 amide bonds. The zero-order chi connectivity index (χ0) is 17.4. The summed E-state index contributed by atoms with van der Waals surface area (Å²) in [5, 5.41) is 0. The fourth-order valence-electron chi connectivity index (χ4n) is 3.50. The molecule has 1 atom stereocenters. The second-order valence-corrected chi connectivity index (χ2v) is 6.50. The van der Waals surface area contributed by atoms with Crippen molar-refractivity contribution in [2.24, 2.45) is 0 Å². The van der Waals surface area contributed by atoms with Crippen LogP contribution in [0.25, 0.3) is 0 Å². The van der Waals surface area contributed by atoms with Crippen molar-refractivity contribution in [2.45, 2.75) is 25.6 Å². The average molecular weight is 344 g/mol. The first-order chi connectivity index (χ1) is 12.1. The minimum absolute atomic E-state index is 0.0935. The number of halogens is 2. The highest BCUT2D eigenvalue weighted by Gasteiger charge is 2.37. The number of rotatable bonds is 2. The van der Waals surface area contributed by atoms with Crippen molar-refractivity contribution in [2.75, 3.05) is 18.1 Å². The van der Waals surface area contributed by atoms with Crippen LogP contribution < -0.4 is 4.90 Å². The number of amides is 1. The van der Waals surface area contributed by atoms with Gasteiger partial charge < -0.3 is 4.74 Å². The molecule has 25 heavy (non-hydrogen) atoms. The monoisotopic (exact) mass is 344 g/mol. The van der Waals surface area contributed by atoms with Crippen LogP contribution in [0.2, 0.25) is 0 Å². The van der Waals surface area contributed by atoms with Crippen molar-refractivity contribution < 1.29 is 18.3 Å². The minimum Gasteiger partial charge on any atom is -0.447 e. The highest BCUT2D eigenvalue weighted by Crippen LogP contribution is 2.32. The molecule has 6 heteroatoms. The number of anilines is 1. The van der Waals surface area contributed by atoms with E-state index in [1.165, 1.54) is 24.3 Å². The first-order valence-corrected chi connectivity index (χ1v) is 8.31. The third kappa shape index (κ3) is 3.22. The molecule has 130 valence electrons. The molecule has 0 radical (unpaired) electrons. The molecule has 2 aromatic rings. The molecule has 4 nitrogen and oxygen atoms in total. The van der Waals surface area contributed by atoms with E-state index in [0.29, 0.717) is 25.4 Å². The van der Waals surface area contributed by atoms with E-state index in [0.717, 1.165) is 24.1 Å². The summed E-state index contributed by atoms with van der Waals surface area (Å²) in [4.78, 5) is 15.9. The normalized spacial score (nSPS) is 20.5. The second kappa shape index (κ2) is 6.44.